The van der Waals surface area contributed by atoms with Crippen LogP contribution < -0.4 is 10.6 Å². The number of Topliss-reactive ketones (excluding diaryl/α,β-unsaturated/α-hetero) is 1. The summed E-state index contributed by atoms with van der Waals surface area (Å²) in [7, 11) is 0. The molecule has 0 atom stereocenters. The molecule has 5 heteroatoms. The maximum atomic E-state index is 12.8. The van der Waals surface area contributed by atoms with E-state index in [0.29, 0.717) is 27.9 Å². The molecule has 0 amide bonds. The van der Waals surface area contributed by atoms with Crippen LogP contribution in [-0.4, -0.2) is 18.2 Å². The van der Waals surface area contributed by atoms with Gasteiger partial charge in [-0.1, -0.05) is 24.4 Å². The zero-order valence-electron chi connectivity index (χ0n) is 13.9. The highest BCUT2D eigenvalue weighted by atomic mass is 35.5. The lowest BCUT2D eigenvalue weighted by Crippen LogP contribution is -2.38. The number of nitrogen functional groups attached to an aromatic ring is 1. The Bertz CT molecular complexity index is 839. The van der Waals surface area contributed by atoms with Gasteiger partial charge in [0.15, 0.2) is 5.78 Å². The number of halogens is 1. The van der Waals surface area contributed by atoms with Crippen LogP contribution in [0.5, 0.6) is 0 Å². The molecule has 0 bridgehead atoms. The van der Waals surface area contributed by atoms with Crippen molar-refractivity contribution in [1.29, 1.82) is 0 Å². The molecule has 4 rings (SSSR count). The average molecular weight is 354 g/mol. The van der Waals surface area contributed by atoms with Crippen LogP contribution in [0.15, 0.2) is 47.5 Å². The number of benzene rings is 2. The number of hydrogen-bond acceptors (Lipinski definition) is 4. The van der Waals surface area contributed by atoms with Crippen LogP contribution in [-0.2, 0) is 0 Å². The molecule has 1 heterocycles. The Morgan fingerprint density at radius 3 is 2.52 bits per heavy atom. The van der Waals surface area contributed by atoms with E-state index in [0.717, 1.165) is 24.4 Å². The van der Waals surface area contributed by atoms with Gasteiger partial charge in [-0.2, -0.15) is 0 Å². The first-order valence-electron chi connectivity index (χ1n) is 8.66. The second-order valence-electron chi connectivity index (χ2n) is 6.71. The van der Waals surface area contributed by atoms with Gasteiger partial charge in [0.25, 0.3) is 0 Å². The van der Waals surface area contributed by atoms with Crippen molar-refractivity contribution >= 4 is 40.3 Å². The monoisotopic (exact) mass is 353 g/mol. The predicted molar refractivity (Wildman–Crippen MR) is 103 cm³/mol. The first kappa shape index (κ1) is 16.2. The smallest absolute Gasteiger partial charge is 0.184 e. The Morgan fingerprint density at radius 2 is 1.80 bits per heavy atom. The number of anilines is 2. The molecule has 0 unspecified atom stereocenters. The first-order valence-corrected chi connectivity index (χ1v) is 9.04. The highest BCUT2D eigenvalue weighted by Gasteiger charge is 2.31. The minimum atomic E-state index is 0.0571. The lowest BCUT2D eigenvalue weighted by molar-refractivity contribution is 0.100. The Balaban J connectivity index is 1.84. The van der Waals surface area contributed by atoms with Crippen LogP contribution in [0.4, 0.5) is 17.1 Å². The molecular formula is C20H20ClN3O. The highest BCUT2D eigenvalue weighted by Crippen LogP contribution is 2.35. The molecule has 2 aliphatic rings. The number of amidine groups is 1. The van der Waals surface area contributed by atoms with Crippen LogP contribution in [0.25, 0.3) is 0 Å². The number of fused-ring (bicyclic) bond motifs is 1. The molecule has 4 nitrogen and oxygen atoms in total. The van der Waals surface area contributed by atoms with E-state index in [1.165, 1.54) is 12.8 Å². The fourth-order valence-corrected chi connectivity index (χ4v) is 3.84. The number of carbonyl (C=O) groups excluding carboxylic acids is 1. The van der Waals surface area contributed by atoms with E-state index >= 15 is 0 Å². The third kappa shape index (κ3) is 3.14. The molecule has 1 aliphatic carbocycles. The number of nitrogens with zero attached hydrogens (tertiary/aromatic N) is 2. The summed E-state index contributed by atoms with van der Waals surface area (Å²) in [6.07, 6.45) is 4.62. The van der Waals surface area contributed by atoms with Crippen molar-refractivity contribution in [2.24, 2.45) is 10.9 Å². The fourth-order valence-electron chi connectivity index (χ4n) is 3.71. The summed E-state index contributed by atoms with van der Waals surface area (Å²) in [6, 6.07) is 12.9. The molecule has 1 aliphatic heterocycles. The van der Waals surface area contributed by atoms with Gasteiger partial charge in [-0.05, 0) is 55.3 Å². The van der Waals surface area contributed by atoms with E-state index < -0.39 is 0 Å². The molecule has 2 N–H and O–H groups in total. The maximum Gasteiger partial charge on any atom is 0.184 e. The topological polar surface area (TPSA) is 58.7 Å². The highest BCUT2D eigenvalue weighted by molar-refractivity contribution is 6.30. The molecule has 0 spiro atoms. The van der Waals surface area contributed by atoms with Gasteiger partial charge in [0.05, 0.1) is 12.2 Å². The average Bonchev–Trinajstić information content (AvgIpc) is 3.08. The molecule has 0 saturated heterocycles. The SMILES string of the molecule is Nc1ccc2c(c1)N=C(C1CCCC1)N(c1ccc(Cl)cc1)CC2=O. The second-order valence-corrected chi connectivity index (χ2v) is 7.15. The van der Waals surface area contributed by atoms with Crippen molar-refractivity contribution in [3.63, 3.8) is 0 Å². The number of nitrogens with two attached hydrogens (primary N) is 1. The van der Waals surface area contributed by atoms with Crippen molar-refractivity contribution < 1.29 is 4.79 Å². The van der Waals surface area contributed by atoms with Gasteiger partial charge in [-0.3, -0.25) is 4.79 Å². The number of rotatable bonds is 2. The Hall–Kier alpha value is -2.33. The zero-order valence-corrected chi connectivity index (χ0v) is 14.7. The minimum Gasteiger partial charge on any atom is -0.399 e. The van der Waals surface area contributed by atoms with Gasteiger partial charge in [-0.15, -0.1) is 0 Å². The van der Waals surface area contributed by atoms with E-state index in [2.05, 4.69) is 0 Å². The standard InChI is InChI=1S/C20H20ClN3O/c21-14-5-8-16(9-6-14)24-12-19(25)17-10-7-15(22)11-18(17)23-20(24)13-3-1-2-4-13/h5-11,13H,1-4,12,22H2. The van der Waals surface area contributed by atoms with E-state index in [1.807, 2.05) is 29.2 Å². The number of carbonyl (C=O) groups is 1. The van der Waals surface area contributed by atoms with Crippen LogP contribution in [0.3, 0.4) is 0 Å². The van der Waals surface area contributed by atoms with Gasteiger partial charge in [0.2, 0.25) is 0 Å². The fraction of sp³-hybridized carbons (Fsp3) is 0.300. The maximum absolute atomic E-state index is 12.8. The van der Waals surface area contributed by atoms with E-state index in [4.69, 9.17) is 22.3 Å². The van der Waals surface area contributed by atoms with E-state index in [1.54, 1.807) is 18.2 Å². The number of ketones is 1. The van der Waals surface area contributed by atoms with Crippen molar-refractivity contribution in [1.82, 2.24) is 0 Å². The molecule has 1 fully saturated rings. The lowest BCUT2D eigenvalue weighted by atomic mass is 10.0. The van der Waals surface area contributed by atoms with E-state index in [-0.39, 0.29) is 12.3 Å². The van der Waals surface area contributed by atoms with Crippen LogP contribution in [0.1, 0.15) is 36.0 Å². The number of hydrogen-bond donors (Lipinski definition) is 1. The van der Waals surface area contributed by atoms with Crippen LogP contribution >= 0.6 is 11.6 Å². The lowest BCUT2D eigenvalue weighted by Gasteiger charge is -2.27. The third-order valence-corrected chi connectivity index (χ3v) is 5.25. The summed E-state index contributed by atoms with van der Waals surface area (Å²) in [5.74, 6) is 1.40. The second kappa shape index (κ2) is 6.52. The molecule has 2 aromatic carbocycles. The molecule has 25 heavy (non-hydrogen) atoms. The minimum absolute atomic E-state index is 0.0571. The Morgan fingerprint density at radius 1 is 1.08 bits per heavy atom. The van der Waals surface area contributed by atoms with Crippen molar-refractivity contribution in [3.05, 3.63) is 53.1 Å². The van der Waals surface area contributed by atoms with Gasteiger partial charge in [0, 0.05) is 27.9 Å². The molecule has 0 radical (unpaired) electrons. The Labute approximate surface area is 152 Å². The summed E-state index contributed by atoms with van der Waals surface area (Å²) < 4.78 is 0. The Kier molecular flexibility index (Phi) is 4.22. The van der Waals surface area contributed by atoms with Crippen LogP contribution in [0.2, 0.25) is 5.02 Å². The van der Waals surface area contributed by atoms with Crippen molar-refractivity contribution in [2.45, 2.75) is 25.7 Å². The first-order chi connectivity index (χ1) is 12.1. The third-order valence-electron chi connectivity index (χ3n) is 4.99. The molecule has 128 valence electrons. The summed E-state index contributed by atoms with van der Waals surface area (Å²) in [4.78, 5) is 19.8. The molecule has 0 aromatic heterocycles. The zero-order chi connectivity index (χ0) is 17.4. The van der Waals surface area contributed by atoms with E-state index in [9.17, 15) is 4.79 Å². The van der Waals surface area contributed by atoms with Gasteiger partial charge in [-0.25, -0.2) is 4.99 Å². The van der Waals surface area contributed by atoms with Gasteiger partial charge >= 0.3 is 0 Å². The summed E-state index contributed by atoms with van der Waals surface area (Å²) >= 11 is 6.04. The number of aliphatic imine (C=N–C) groups is 1. The van der Waals surface area contributed by atoms with Crippen molar-refractivity contribution in [2.75, 3.05) is 17.2 Å². The van der Waals surface area contributed by atoms with Gasteiger partial charge < -0.3 is 10.6 Å². The summed E-state index contributed by atoms with van der Waals surface area (Å²) in [5, 5.41) is 0.681. The molecule has 1 saturated carbocycles. The van der Waals surface area contributed by atoms with Gasteiger partial charge in [0.1, 0.15) is 5.84 Å². The normalized spacial score (nSPS) is 18.0. The largest absolute Gasteiger partial charge is 0.399 e. The molecule has 2 aromatic rings. The quantitative estimate of drug-likeness (QED) is 0.785. The van der Waals surface area contributed by atoms with Crippen LogP contribution in [0, 0.1) is 5.92 Å². The molecular weight excluding hydrogens is 334 g/mol. The summed E-state index contributed by atoms with van der Waals surface area (Å²) in [5.41, 5.74) is 8.83. The van der Waals surface area contributed by atoms with Crippen molar-refractivity contribution in [3.8, 4) is 0 Å². The predicted octanol–water partition coefficient (Wildman–Crippen LogP) is 4.85. The summed E-state index contributed by atoms with van der Waals surface area (Å²) in [6.45, 7) is 0.286.